The van der Waals surface area contributed by atoms with Gasteiger partial charge in [0.2, 0.25) is 0 Å². The van der Waals surface area contributed by atoms with Crippen molar-refractivity contribution in [2.75, 3.05) is 13.2 Å². The van der Waals surface area contributed by atoms with E-state index in [2.05, 4.69) is 0 Å². The second-order valence-corrected chi connectivity index (χ2v) is 4.29. The Bertz CT molecular complexity index is 424. The van der Waals surface area contributed by atoms with Gasteiger partial charge >= 0.3 is 0 Å². The summed E-state index contributed by atoms with van der Waals surface area (Å²) in [4.78, 5) is 10.3. The Hall–Kier alpha value is -1.50. The van der Waals surface area contributed by atoms with Crippen molar-refractivity contribution >= 4 is 5.69 Å². The first kappa shape index (κ1) is 12.9. The first-order valence-corrected chi connectivity index (χ1v) is 5.90. The molecule has 6 heteroatoms. The minimum absolute atomic E-state index is 0.00454. The highest BCUT2D eigenvalue weighted by Crippen LogP contribution is 2.25. The molecule has 1 aliphatic rings. The predicted molar refractivity (Wildman–Crippen MR) is 65.0 cm³/mol. The first-order chi connectivity index (χ1) is 8.66. The average Bonchev–Trinajstić information content (AvgIpc) is 2.34. The largest absolute Gasteiger partial charge is 0.348 e. The van der Waals surface area contributed by atoms with E-state index >= 15 is 0 Å². The van der Waals surface area contributed by atoms with Crippen LogP contribution in [0.15, 0.2) is 24.3 Å². The van der Waals surface area contributed by atoms with E-state index in [1.165, 1.54) is 12.1 Å². The summed E-state index contributed by atoms with van der Waals surface area (Å²) in [6.45, 7) is 0.939. The first-order valence-electron chi connectivity index (χ1n) is 5.90. The fourth-order valence-electron chi connectivity index (χ4n) is 1.86. The fraction of sp³-hybridized carbons (Fsp3) is 0.500. The molecular formula is C12H16N2O4. The Morgan fingerprint density at radius 2 is 2.22 bits per heavy atom. The summed E-state index contributed by atoms with van der Waals surface area (Å²) in [6, 6.07) is 6.29. The van der Waals surface area contributed by atoms with Gasteiger partial charge in [-0.25, -0.2) is 0 Å². The molecule has 1 fully saturated rings. The van der Waals surface area contributed by atoms with Crippen LogP contribution >= 0.6 is 0 Å². The van der Waals surface area contributed by atoms with Crippen LogP contribution in [0.25, 0.3) is 0 Å². The van der Waals surface area contributed by atoms with Gasteiger partial charge in [-0.2, -0.15) is 0 Å². The lowest BCUT2D eigenvalue weighted by Gasteiger charge is -2.24. The molecule has 0 bridgehead atoms. The molecule has 0 spiro atoms. The summed E-state index contributed by atoms with van der Waals surface area (Å²) in [7, 11) is 0. The molecule has 0 aliphatic carbocycles. The molecule has 0 unspecified atom stereocenters. The normalized spacial score (nSPS) is 25.2. The molecule has 2 N–H and O–H groups in total. The Morgan fingerprint density at radius 3 is 3.00 bits per heavy atom. The van der Waals surface area contributed by atoms with Crippen LogP contribution in [-0.4, -0.2) is 24.2 Å². The van der Waals surface area contributed by atoms with Crippen molar-refractivity contribution < 1.29 is 14.4 Å². The van der Waals surface area contributed by atoms with E-state index < -0.39 is 11.2 Å². The predicted octanol–water partition coefficient (Wildman–Crippen LogP) is 1.75. The molecule has 6 nitrogen and oxygen atoms in total. The number of nitrogens with zero attached hydrogens (tertiary/aromatic N) is 1. The maximum Gasteiger partial charge on any atom is 0.269 e. The van der Waals surface area contributed by atoms with Crippen molar-refractivity contribution in [1.82, 2.24) is 0 Å². The zero-order chi connectivity index (χ0) is 13.0. The standard InChI is InChI=1S/C12H16N2O4/c13-10-4-2-6-17-12(18-8-10)9-3-1-5-11(7-9)14(15)16/h1,3,5,7,10,12H,2,4,6,8,13H2/t10-,12+/m0/s1. The van der Waals surface area contributed by atoms with Crippen molar-refractivity contribution in [2.45, 2.75) is 25.2 Å². The quantitative estimate of drug-likeness (QED) is 0.640. The average molecular weight is 252 g/mol. The number of nitrogens with two attached hydrogens (primary N) is 1. The number of hydrogen-bond donors (Lipinski definition) is 1. The van der Waals surface area contributed by atoms with Gasteiger partial charge in [-0.05, 0) is 12.8 Å². The van der Waals surface area contributed by atoms with Gasteiger partial charge in [-0.3, -0.25) is 10.1 Å². The molecule has 1 heterocycles. The molecular weight excluding hydrogens is 236 g/mol. The molecule has 98 valence electrons. The third kappa shape index (κ3) is 3.25. The van der Waals surface area contributed by atoms with Crippen LogP contribution < -0.4 is 5.73 Å². The van der Waals surface area contributed by atoms with Gasteiger partial charge in [0.15, 0.2) is 6.29 Å². The number of ether oxygens (including phenoxy) is 2. The minimum atomic E-state index is -0.573. The summed E-state index contributed by atoms with van der Waals surface area (Å²) in [5.41, 5.74) is 6.52. The maximum absolute atomic E-state index is 10.7. The summed E-state index contributed by atoms with van der Waals surface area (Å²) in [5, 5.41) is 10.7. The monoisotopic (exact) mass is 252 g/mol. The van der Waals surface area contributed by atoms with Crippen molar-refractivity contribution in [1.29, 1.82) is 0 Å². The molecule has 2 atom stereocenters. The lowest BCUT2D eigenvalue weighted by Crippen LogP contribution is -2.30. The van der Waals surface area contributed by atoms with Crippen molar-refractivity contribution in [3.05, 3.63) is 39.9 Å². The van der Waals surface area contributed by atoms with Crippen LogP contribution in [0.4, 0.5) is 5.69 Å². The Labute approximate surface area is 105 Å². The van der Waals surface area contributed by atoms with E-state index in [1.54, 1.807) is 12.1 Å². The number of nitro groups is 1. The van der Waals surface area contributed by atoms with Crippen molar-refractivity contribution in [3.8, 4) is 0 Å². The van der Waals surface area contributed by atoms with E-state index in [1.807, 2.05) is 0 Å². The smallest absolute Gasteiger partial charge is 0.269 e. The van der Waals surface area contributed by atoms with E-state index in [-0.39, 0.29) is 11.7 Å². The highest BCUT2D eigenvalue weighted by molar-refractivity contribution is 5.34. The Kier molecular flexibility index (Phi) is 4.24. The zero-order valence-corrected chi connectivity index (χ0v) is 9.95. The molecule has 18 heavy (non-hydrogen) atoms. The Balaban J connectivity index is 2.13. The van der Waals surface area contributed by atoms with E-state index in [9.17, 15) is 10.1 Å². The number of benzene rings is 1. The van der Waals surface area contributed by atoms with Gasteiger partial charge in [-0.15, -0.1) is 0 Å². The second kappa shape index (κ2) is 5.90. The van der Waals surface area contributed by atoms with E-state index in [0.29, 0.717) is 18.8 Å². The van der Waals surface area contributed by atoms with Crippen molar-refractivity contribution in [2.24, 2.45) is 5.73 Å². The highest BCUT2D eigenvalue weighted by atomic mass is 16.7. The lowest BCUT2D eigenvalue weighted by molar-refractivity contribution is -0.385. The maximum atomic E-state index is 10.7. The molecule has 0 amide bonds. The van der Waals surface area contributed by atoms with Crippen LogP contribution in [0.5, 0.6) is 0 Å². The lowest BCUT2D eigenvalue weighted by atomic mass is 10.1. The SMILES string of the molecule is N[C@H]1CCCO[C@@H](c2cccc([N+](=O)[O-])c2)OC1. The van der Waals surface area contributed by atoms with Crippen molar-refractivity contribution in [3.63, 3.8) is 0 Å². The highest BCUT2D eigenvalue weighted by Gasteiger charge is 2.19. The van der Waals surface area contributed by atoms with Gasteiger partial charge in [-0.1, -0.05) is 12.1 Å². The Morgan fingerprint density at radius 1 is 1.39 bits per heavy atom. The zero-order valence-electron chi connectivity index (χ0n) is 9.95. The van der Waals surface area contributed by atoms with Crippen LogP contribution in [0.2, 0.25) is 0 Å². The van der Waals surface area contributed by atoms with Gasteiger partial charge < -0.3 is 15.2 Å². The van der Waals surface area contributed by atoms with E-state index in [0.717, 1.165) is 12.8 Å². The number of nitro benzene ring substituents is 1. The summed E-state index contributed by atoms with van der Waals surface area (Å²) >= 11 is 0. The molecule has 1 aromatic rings. The van der Waals surface area contributed by atoms with Gasteiger partial charge in [0, 0.05) is 23.7 Å². The molecule has 0 aromatic heterocycles. The summed E-state index contributed by atoms with van der Waals surface area (Å²) in [5.74, 6) is 0. The fourth-order valence-corrected chi connectivity index (χ4v) is 1.86. The number of non-ortho nitro benzene ring substituents is 1. The second-order valence-electron chi connectivity index (χ2n) is 4.29. The molecule has 2 rings (SSSR count). The third-order valence-electron chi connectivity index (χ3n) is 2.80. The van der Waals surface area contributed by atoms with Gasteiger partial charge in [0.25, 0.3) is 5.69 Å². The van der Waals surface area contributed by atoms with Crippen LogP contribution in [-0.2, 0) is 9.47 Å². The molecule has 1 saturated heterocycles. The van der Waals surface area contributed by atoms with Crippen LogP contribution in [0, 0.1) is 10.1 Å². The minimum Gasteiger partial charge on any atom is -0.348 e. The van der Waals surface area contributed by atoms with Gasteiger partial charge in [0.05, 0.1) is 18.1 Å². The molecule has 1 aromatic carbocycles. The van der Waals surface area contributed by atoms with Crippen LogP contribution in [0.3, 0.4) is 0 Å². The van der Waals surface area contributed by atoms with E-state index in [4.69, 9.17) is 15.2 Å². The topological polar surface area (TPSA) is 87.6 Å². The third-order valence-corrected chi connectivity index (χ3v) is 2.80. The van der Waals surface area contributed by atoms with Crippen LogP contribution in [0.1, 0.15) is 24.7 Å². The molecule has 0 saturated carbocycles. The van der Waals surface area contributed by atoms with Gasteiger partial charge in [0.1, 0.15) is 0 Å². The molecule has 1 aliphatic heterocycles. The number of hydrogen-bond acceptors (Lipinski definition) is 5. The summed E-state index contributed by atoms with van der Waals surface area (Å²) in [6.07, 6.45) is 1.16. The molecule has 0 radical (unpaired) electrons. The number of rotatable bonds is 2. The summed E-state index contributed by atoms with van der Waals surface area (Å²) < 4.78 is 11.1.